The Morgan fingerprint density at radius 3 is 2.47 bits per heavy atom. The van der Waals surface area contributed by atoms with Crippen molar-refractivity contribution in [2.45, 2.75) is 6.92 Å². The number of benzene rings is 1. The van der Waals surface area contributed by atoms with Crippen molar-refractivity contribution in [1.82, 2.24) is 0 Å². The van der Waals surface area contributed by atoms with Gasteiger partial charge in [-0.15, -0.1) is 0 Å². The van der Waals surface area contributed by atoms with Gasteiger partial charge in [0.25, 0.3) is 0 Å². The summed E-state index contributed by atoms with van der Waals surface area (Å²) in [6, 6.07) is 2.45. The van der Waals surface area contributed by atoms with Crippen molar-refractivity contribution in [3.63, 3.8) is 0 Å². The number of anilines is 1. The number of halogens is 1. The lowest BCUT2D eigenvalue weighted by molar-refractivity contribution is -0.114. The molecule has 0 aliphatic rings. The van der Waals surface area contributed by atoms with Gasteiger partial charge in [0.05, 0.1) is 16.3 Å². The van der Waals surface area contributed by atoms with Crippen LogP contribution in [-0.2, 0) is 4.79 Å². The summed E-state index contributed by atoms with van der Waals surface area (Å²) in [5, 5.41) is 20.4. The van der Waals surface area contributed by atoms with Gasteiger partial charge in [-0.1, -0.05) is 11.6 Å². The normalized spacial score (nSPS) is 9.73. The minimum absolute atomic E-state index is 0.0243. The van der Waals surface area contributed by atoms with E-state index in [4.69, 9.17) is 16.7 Å². The number of amides is 1. The van der Waals surface area contributed by atoms with Gasteiger partial charge in [0, 0.05) is 6.92 Å². The molecule has 6 heteroatoms. The average molecular weight is 230 g/mol. The van der Waals surface area contributed by atoms with Crippen LogP contribution in [0.4, 0.5) is 5.69 Å². The van der Waals surface area contributed by atoms with Crippen molar-refractivity contribution < 1.29 is 19.8 Å². The van der Waals surface area contributed by atoms with E-state index >= 15 is 0 Å². The van der Waals surface area contributed by atoms with Crippen molar-refractivity contribution in [1.29, 1.82) is 0 Å². The Balaban J connectivity index is 3.34. The third-order valence-electron chi connectivity index (χ3n) is 1.66. The molecule has 0 saturated carbocycles. The quantitative estimate of drug-likeness (QED) is 0.674. The number of hydrogen-bond acceptors (Lipinski definition) is 3. The molecule has 0 saturated heterocycles. The number of aromatic carboxylic acids is 1. The van der Waals surface area contributed by atoms with Gasteiger partial charge in [0.1, 0.15) is 0 Å². The molecule has 0 heterocycles. The highest BCUT2D eigenvalue weighted by molar-refractivity contribution is 6.33. The molecule has 0 unspecified atom stereocenters. The fourth-order valence-corrected chi connectivity index (χ4v) is 1.20. The summed E-state index contributed by atoms with van der Waals surface area (Å²) in [5.41, 5.74) is -0.408. The number of aromatic hydroxyl groups is 1. The van der Waals surface area contributed by atoms with Gasteiger partial charge < -0.3 is 15.5 Å². The van der Waals surface area contributed by atoms with E-state index in [-0.39, 0.29) is 16.3 Å². The maximum Gasteiger partial charge on any atom is 0.337 e. The van der Waals surface area contributed by atoms with E-state index in [2.05, 4.69) is 5.32 Å². The van der Waals surface area contributed by atoms with Crippen molar-refractivity contribution in [3.05, 3.63) is 22.7 Å². The molecule has 0 fully saturated rings. The number of rotatable bonds is 2. The Labute approximate surface area is 90.3 Å². The molecule has 0 aliphatic carbocycles. The summed E-state index contributed by atoms with van der Waals surface area (Å²) in [7, 11) is 0. The number of hydrogen-bond donors (Lipinski definition) is 3. The fourth-order valence-electron chi connectivity index (χ4n) is 1.05. The summed E-state index contributed by atoms with van der Waals surface area (Å²) in [6.45, 7) is 1.20. The van der Waals surface area contributed by atoms with E-state index in [0.29, 0.717) is 0 Å². The first-order chi connectivity index (χ1) is 6.93. The zero-order valence-electron chi connectivity index (χ0n) is 7.74. The zero-order valence-corrected chi connectivity index (χ0v) is 8.50. The van der Waals surface area contributed by atoms with Crippen LogP contribution in [0.5, 0.6) is 5.75 Å². The number of phenolic OH excluding ortho intramolecular Hbond substituents is 1. The molecule has 0 spiro atoms. The Hall–Kier alpha value is -1.75. The molecule has 0 aromatic heterocycles. The van der Waals surface area contributed by atoms with Crippen LogP contribution in [0.15, 0.2) is 12.1 Å². The minimum Gasteiger partial charge on any atom is -0.504 e. The summed E-state index contributed by atoms with van der Waals surface area (Å²) < 4.78 is 0. The molecule has 1 aromatic carbocycles. The second kappa shape index (κ2) is 4.18. The molecule has 15 heavy (non-hydrogen) atoms. The van der Waals surface area contributed by atoms with Gasteiger partial charge in [-0.3, -0.25) is 4.79 Å². The lowest BCUT2D eigenvalue weighted by Gasteiger charge is -2.09. The van der Waals surface area contributed by atoms with Crippen LogP contribution in [0.3, 0.4) is 0 Å². The second-order valence-corrected chi connectivity index (χ2v) is 3.21. The van der Waals surface area contributed by atoms with E-state index in [9.17, 15) is 14.7 Å². The van der Waals surface area contributed by atoms with Crippen LogP contribution >= 0.6 is 11.6 Å². The molecule has 0 aliphatic heterocycles. The van der Waals surface area contributed by atoms with Crippen LogP contribution in [0.2, 0.25) is 5.02 Å². The van der Waals surface area contributed by atoms with E-state index in [1.807, 2.05) is 0 Å². The topological polar surface area (TPSA) is 86.6 Å². The zero-order chi connectivity index (χ0) is 11.6. The molecule has 0 radical (unpaired) electrons. The molecule has 3 N–H and O–H groups in total. The molecular weight excluding hydrogens is 222 g/mol. The highest BCUT2D eigenvalue weighted by Gasteiger charge is 2.17. The predicted molar refractivity (Wildman–Crippen MR) is 54.4 cm³/mol. The molecule has 5 nitrogen and oxygen atoms in total. The van der Waals surface area contributed by atoms with Gasteiger partial charge >= 0.3 is 5.97 Å². The van der Waals surface area contributed by atoms with Crippen molar-refractivity contribution in [3.8, 4) is 5.75 Å². The van der Waals surface area contributed by atoms with Crippen LogP contribution in [0.1, 0.15) is 17.3 Å². The maximum atomic E-state index is 10.8. The minimum atomic E-state index is -1.26. The number of carbonyl (C=O) groups is 2. The summed E-state index contributed by atoms with van der Waals surface area (Å²) >= 11 is 5.58. The summed E-state index contributed by atoms with van der Waals surface area (Å²) in [4.78, 5) is 21.6. The van der Waals surface area contributed by atoms with Crippen molar-refractivity contribution in [2.75, 3.05) is 5.32 Å². The van der Waals surface area contributed by atoms with E-state index in [0.717, 1.165) is 0 Å². The predicted octanol–water partition coefficient (Wildman–Crippen LogP) is 1.70. The van der Waals surface area contributed by atoms with Crippen LogP contribution in [0.25, 0.3) is 0 Å². The SMILES string of the molecule is CC(=O)Nc1c(C(=O)O)ccc(Cl)c1O. The lowest BCUT2D eigenvalue weighted by atomic mass is 10.1. The Bertz CT molecular complexity index is 430. The third-order valence-corrected chi connectivity index (χ3v) is 1.97. The summed E-state index contributed by atoms with van der Waals surface area (Å²) in [6.07, 6.45) is 0. The first-order valence-corrected chi connectivity index (χ1v) is 4.33. The molecule has 0 atom stereocenters. The molecule has 1 aromatic rings. The number of carbonyl (C=O) groups excluding carboxylic acids is 1. The van der Waals surface area contributed by atoms with Crippen LogP contribution in [-0.4, -0.2) is 22.1 Å². The van der Waals surface area contributed by atoms with E-state index < -0.39 is 17.6 Å². The Kier molecular flexibility index (Phi) is 3.16. The number of nitrogens with one attached hydrogen (secondary N) is 1. The number of carboxylic acids is 1. The number of phenols is 1. The number of carboxylic acid groups (broad SMARTS) is 1. The smallest absolute Gasteiger partial charge is 0.337 e. The first kappa shape index (κ1) is 11.3. The van der Waals surface area contributed by atoms with Gasteiger partial charge in [-0.05, 0) is 12.1 Å². The molecule has 1 amide bonds. The second-order valence-electron chi connectivity index (χ2n) is 2.80. The molecule has 80 valence electrons. The largest absolute Gasteiger partial charge is 0.504 e. The van der Waals surface area contributed by atoms with E-state index in [1.54, 1.807) is 0 Å². The molecule has 0 bridgehead atoms. The monoisotopic (exact) mass is 229 g/mol. The van der Waals surface area contributed by atoms with E-state index in [1.165, 1.54) is 19.1 Å². The lowest BCUT2D eigenvalue weighted by Crippen LogP contribution is -2.11. The highest BCUT2D eigenvalue weighted by atomic mass is 35.5. The van der Waals surface area contributed by atoms with Gasteiger partial charge in [0.2, 0.25) is 5.91 Å². The summed E-state index contributed by atoms with van der Waals surface area (Å²) in [5.74, 6) is -2.20. The Morgan fingerprint density at radius 2 is 2.00 bits per heavy atom. The molecular formula is C9H8ClNO4. The van der Waals surface area contributed by atoms with Gasteiger partial charge in [-0.25, -0.2) is 4.79 Å². The van der Waals surface area contributed by atoms with Crippen LogP contribution < -0.4 is 5.32 Å². The third kappa shape index (κ3) is 2.38. The van der Waals surface area contributed by atoms with Crippen LogP contribution in [0, 0.1) is 0 Å². The maximum absolute atomic E-state index is 10.8. The first-order valence-electron chi connectivity index (χ1n) is 3.96. The standard InChI is InChI=1S/C9H8ClNO4/c1-4(12)11-7-5(9(14)15)2-3-6(10)8(7)13/h2-3,13H,1H3,(H,11,12)(H,14,15). The highest BCUT2D eigenvalue weighted by Crippen LogP contribution is 2.34. The van der Waals surface area contributed by atoms with Crippen molar-refractivity contribution >= 4 is 29.2 Å². The average Bonchev–Trinajstić information content (AvgIpc) is 2.12. The van der Waals surface area contributed by atoms with Gasteiger partial charge in [0.15, 0.2) is 5.75 Å². The molecule has 1 rings (SSSR count). The van der Waals surface area contributed by atoms with Crippen molar-refractivity contribution in [2.24, 2.45) is 0 Å². The fraction of sp³-hybridized carbons (Fsp3) is 0.111. The van der Waals surface area contributed by atoms with Gasteiger partial charge in [-0.2, -0.15) is 0 Å². The Morgan fingerprint density at radius 1 is 1.40 bits per heavy atom.